The van der Waals surface area contributed by atoms with Crippen molar-refractivity contribution in [3.8, 4) is 5.75 Å². The summed E-state index contributed by atoms with van der Waals surface area (Å²) in [4.78, 5) is 27.9. The standard InChI is InChI=1S/C28H32ClN3O5S/c1-4-30-28(34)21(2)31(18-17-22-11-7-5-8-12-22)27(33)20-32(23-15-16-26(37-3)25(29)19-23)38(35,36)24-13-9-6-10-14-24/h5-16,19,21H,4,17-18,20H2,1-3H3,(H,30,34). The van der Waals surface area contributed by atoms with Crippen LogP contribution in [0.25, 0.3) is 0 Å². The molecule has 0 aliphatic rings. The molecule has 2 amide bonds. The number of ether oxygens (including phenoxy) is 1. The number of sulfonamides is 1. The van der Waals surface area contributed by atoms with Gasteiger partial charge >= 0.3 is 0 Å². The van der Waals surface area contributed by atoms with Gasteiger partial charge in [-0.1, -0.05) is 60.1 Å². The third-order valence-electron chi connectivity index (χ3n) is 6.04. The number of benzene rings is 3. The maximum Gasteiger partial charge on any atom is 0.264 e. The molecule has 0 bridgehead atoms. The highest BCUT2D eigenvalue weighted by Gasteiger charge is 2.32. The first-order valence-electron chi connectivity index (χ1n) is 12.2. The number of nitrogens with one attached hydrogen (secondary N) is 1. The number of hydrogen-bond donors (Lipinski definition) is 1. The van der Waals surface area contributed by atoms with Crippen LogP contribution in [0.4, 0.5) is 5.69 Å². The molecule has 3 aromatic carbocycles. The van der Waals surface area contributed by atoms with Gasteiger partial charge in [-0.3, -0.25) is 13.9 Å². The van der Waals surface area contributed by atoms with Crippen molar-refractivity contribution in [1.29, 1.82) is 0 Å². The van der Waals surface area contributed by atoms with E-state index in [-0.39, 0.29) is 28.1 Å². The first-order chi connectivity index (χ1) is 18.2. The molecule has 0 fully saturated rings. The van der Waals surface area contributed by atoms with Gasteiger partial charge in [0.05, 0.1) is 22.7 Å². The maximum atomic E-state index is 13.8. The minimum absolute atomic E-state index is 0.0207. The second kappa shape index (κ2) is 13.3. The van der Waals surface area contributed by atoms with Crippen molar-refractivity contribution in [3.63, 3.8) is 0 Å². The lowest BCUT2D eigenvalue weighted by atomic mass is 10.1. The Hall–Kier alpha value is -3.56. The van der Waals surface area contributed by atoms with Gasteiger partial charge in [-0.15, -0.1) is 0 Å². The van der Waals surface area contributed by atoms with E-state index < -0.39 is 28.5 Å². The van der Waals surface area contributed by atoms with Gasteiger partial charge in [-0.25, -0.2) is 8.42 Å². The number of halogens is 1. The van der Waals surface area contributed by atoms with E-state index in [2.05, 4.69) is 5.32 Å². The van der Waals surface area contributed by atoms with E-state index in [1.165, 1.54) is 36.3 Å². The molecule has 0 saturated carbocycles. The molecule has 38 heavy (non-hydrogen) atoms. The molecule has 202 valence electrons. The molecular weight excluding hydrogens is 526 g/mol. The number of likely N-dealkylation sites (N-methyl/N-ethyl adjacent to an activating group) is 1. The number of amides is 2. The Morgan fingerprint density at radius 2 is 1.63 bits per heavy atom. The van der Waals surface area contributed by atoms with E-state index >= 15 is 0 Å². The SMILES string of the molecule is CCNC(=O)C(C)N(CCc1ccccc1)C(=O)CN(c1ccc(OC)c(Cl)c1)S(=O)(=O)c1ccccc1. The van der Waals surface area contributed by atoms with Gasteiger partial charge in [0, 0.05) is 13.1 Å². The highest BCUT2D eigenvalue weighted by atomic mass is 35.5. The summed E-state index contributed by atoms with van der Waals surface area (Å²) in [5, 5.41) is 2.94. The number of nitrogens with zero attached hydrogens (tertiary/aromatic N) is 2. The fraction of sp³-hybridized carbons (Fsp3) is 0.286. The van der Waals surface area contributed by atoms with Gasteiger partial charge in [-0.05, 0) is 56.2 Å². The zero-order valence-electron chi connectivity index (χ0n) is 21.6. The van der Waals surface area contributed by atoms with Crippen LogP contribution in [0, 0.1) is 0 Å². The van der Waals surface area contributed by atoms with Crippen molar-refractivity contribution < 1.29 is 22.7 Å². The first kappa shape index (κ1) is 29.0. The number of carbonyl (C=O) groups is 2. The molecule has 3 rings (SSSR count). The number of hydrogen-bond acceptors (Lipinski definition) is 5. The van der Waals surface area contributed by atoms with Crippen LogP contribution in [0.5, 0.6) is 5.75 Å². The van der Waals surface area contributed by atoms with Crippen LogP contribution >= 0.6 is 11.6 Å². The topological polar surface area (TPSA) is 96.0 Å². The van der Waals surface area contributed by atoms with Crippen LogP contribution in [0.1, 0.15) is 19.4 Å². The smallest absolute Gasteiger partial charge is 0.264 e. The molecule has 8 nitrogen and oxygen atoms in total. The van der Waals surface area contributed by atoms with Crippen LogP contribution in [0.3, 0.4) is 0 Å². The zero-order chi connectivity index (χ0) is 27.7. The van der Waals surface area contributed by atoms with Crippen molar-refractivity contribution in [2.45, 2.75) is 31.2 Å². The highest BCUT2D eigenvalue weighted by molar-refractivity contribution is 7.92. The molecule has 1 atom stereocenters. The molecule has 1 unspecified atom stereocenters. The Labute approximate surface area is 229 Å². The molecule has 0 spiro atoms. The summed E-state index contributed by atoms with van der Waals surface area (Å²) >= 11 is 6.32. The third kappa shape index (κ3) is 7.05. The lowest BCUT2D eigenvalue weighted by molar-refractivity contribution is -0.138. The number of anilines is 1. The second-order valence-electron chi connectivity index (χ2n) is 8.54. The zero-order valence-corrected chi connectivity index (χ0v) is 23.2. The Bertz CT molecular complexity index is 1340. The average Bonchev–Trinajstić information content (AvgIpc) is 2.92. The Morgan fingerprint density at radius 3 is 2.21 bits per heavy atom. The first-order valence-corrected chi connectivity index (χ1v) is 14.0. The van der Waals surface area contributed by atoms with E-state index in [9.17, 15) is 18.0 Å². The summed E-state index contributed by atoms with van der Waals surface area (Å²) in [5.41, 5.74) is 1.19. The molecule has 0 aliphatic heterocycles. The molecule has 0 heterocycles. The maximum absolute atomic E-state index is 13.8. The van der Waals surface area contributed by atoms with Crippen molar-refractivity contribution in [3.05, 3.63) is 89.4 Å². The largest absolute Gasteiger partial charge is 0.495 e. The molecule has 3 aromatic rings. The summed E-state index contributed by atoms with van der Waals surface area (Å²) in [5.74, 6) is -0.474. The van der Waals surface area contributed by atoms with E-state index in [0.717, 1.165) is 9.87 Å². The average molecular weight is 558 g/mol. The van der Waals surface area contributed by atoms with Crippen molar-refractivity contribution in [2.75, 3.05) is 31.0 Å². The molecule has 0 aliphatic carbocycles. The summed E-state index contributed by atoms with van der Waals surface area (Å²) < 4.78 is 33.7. The minimum atomic E-state index is -4.16. The monoisotopic (exact) mass is 557 g/mol. The summed E-state index contributed by atoms with van der Waals surface area (Å²) in [6, 6.07) is 21.1. The summed E-state index contributed by atoms with van der Waals surface area (Å²) in [7, 11) is -2.70. The van der Waals surface area contributed by atoms with Crippen LogP contribution in [0.15, 0.2) is 83.8 Å². The van der Waals surface area contributed by atoms with Crippen LogP contribution in [-0.4, -0.2) is 57.9 Å². The third-order valence-corrected chi connectivity index (χ3v) is 8.12. The minimum Gasteiger partial charge on any atom is -0.495 e. The van der Waals surface area contributed by atoms with Crippen molar-refractivity contribution in [1.82, 2.24) is 10.2 Å². The van der Waals surface area contributed by atoms with Gasteiger partial charge in [-0.2, -0.15) is 0 Å². The quantitative estimate of drug-likeness (QED) is 0.361. The molecular formula is C28H32ClN3O5S. The molecule has 0 aromatic heterocycles. The number of methoxy groups -OCH3 is 1. The fourth-order valence-electron chi connectivity index (χ4n) is 3.95. The number of rotatable bonds is 12. The van der Waals surface area contributed by atoms with Crippen LogP contribution in [0.2, 0.25) is 5.02 Å². The Kier molecular flexibility index (Phi) is 10.2. The molecule has 0 radical (unpaired) electrons. The van der Waals surface area contributed by atoms with Gasteiger partial charge in [0.1, 0.15) is 18.3 Å². The lowest BCUT2D eigenvalue weighted by Gasteiger charge is -2.32. The molecule has 10 heteroatoms. The predicted octanol–water partition coefficient (Wildman–Crippen LogP) is 4.14. The molecule has 1 N–H and O–H groups in total. The Balaban J connectivity index is 1.99. The summed E-state index contributed by atoms with van der Waals surface area (Å²) in [6.45, 7) is 3.53. The van der Waals surface area contributed by atoms with Crippen molar-refractivity contribution >= 4 is 39.1 Å². The van der Waals surface area contributed by atoms with Crippen molar-refractivity contribution in [2.24, 2.45) is 0 Å². The van der Waals surface area contributed by atoms with Gasteiger partial charge in [0.25, 0.3) is 10.0 Å². The normalized spacial score (nSPS) is 11.9. The summed E-state index contributed by atoms with van der Waals surface area (Å²) in [6.07, 6.45) is 0.496. The molecule has 0 saturated heterocycles. The van der Waals surface area contributed by atoms with Gasteiger partial charge < -0.3 is 15.0 Å². The predicted molar refractivity (Wildman–Crippen MR) is 149 cm³/mol. The van der Waals surface area contributed by atoms with E-state index in [0.29, 0.717) is 18.7 Å². The van der Waals surface area contributed by atoms with Crippen LogP contribution < -0.4 is 14.4 Å². The fourth-order valence-corrected chi connectivity index (χ4v) is 5.63. The van der Waals surface area contributed by atoms with Gasteiger partial charge in [0.2, 0.25) is 11.8 Å². The van der Waals surface area contributed by atoms with E-state index in [1.807, 2.05) is 30.3 Å². The highest BCUT2D eigenvalue weighted by Crippen LogP contribution is 2.32. The lowest BCUT2D eigenvalue weighted by Crippen LogP contribution is -2.52. The van der Waals surface area contributed by atoms with E-state index in [1.54, 1.807) is 38.1 Å². The van der Waals surface area contributed by atoms with Gasteiger partial charge in [0.15, 0.2) is 0 Å². The number of carbonyl (C=O) groups excluding carboxylic acids is 2. The van der Waals surface area contributed by atoms with E-state index in [4.69, 9.17) is 16.3 Å². The second-order valence-corrected chi connectivity index (χ2v) is 10.8. The van der Waals surface area contributed by atoms with Crippen LogP contribution in [-0.2, 0) is 26.0 Å². The Morgan fingerprint density at radius 1 is 1.00 bits per heavy atom.